The molecule has 0 saturated heterocycles. The summed E-state index contributed by atoms with van der Waals surface area (Å²) in [6, 6.07) is 1.61. The van der Waals surface area contributed by atoms with Crippen LogP contribution in [0.1, 0.15) is 37.8 Å². The van der Waals surface area contributed by atoms with Gasteiger partial charge in [0.25, 0.3) is 0 Å². The van der Waals surface area contributed by atoms with E-state index in [1.165, 1.54) is 13.8 Å². The highest BCUT2D eigenvalue weighted by atomic mass is 19.2. The lowest BCUT2D eigenvalue weighted by Gasteiger charge is -2.27. The second-order valence-corrected chi connectivity index (χ2v) is 6.66. The first-order chi connectivity index (χ1) is 14.5. The van der Waals surface area contributed by atoms with Crippen LogP contribution in [0.15, 0.2) is 24.3 Å². The normalized spacial score (nSPS) is 11.4. The van der Waals surface area contributed by atoms with Gasteiger partial charge in [-0.25, -0.2) is 26.3 Å². The molecular formula is C21H18F6O4. The second kappa shape index (κ2) is 9.84. The Balaban J connectivity index is 2.14. The molecule has 10 heteroatoms. The van der Waals surface area contributed by atoms with Crippen molar-refractivity contribution in [2.24, 2.45) is 5.41 Å². The van der Waals surface area contributed by atoms with Crippen molar-refractivity contribution < 1.29 is 45.4 Å². The maximum absolute atomic E-state index is 13.7. The van der Waals surface area contributed by atoms with Crippen molar-refractivity contribution in [1.82, 2.24) is 0 Å². The highest BCUT2D eigenvalue weighted by molar-refractivity contribution is 6.00. The highest BCUT2D eigenvalue weighted by Gasteiger charge is 2.46. The molecule has 0 aliphatic carbocycles. The molecule has 0 aliphatic rings. The van der Waals surface area contributed by atoms with Crippen LogP contribution in [0.2, 0.25) is 0 Å². The van der Waals surface area contributed by atoms with E-state index in [0.29, 0.717) is 12.1 Å². The zero-order valence-corrected chi connectivity index (χ0v) is 16.5. The molecule has 168 valence electrons. The number of benzene rings is 2. The zero-order valence-electron chi connectivity index (χ0n) is 16.5. The van der Waals surface area contributed by atoms with Gasteiger partial charge in [-0.05, 0) is 25.0 Å². The number of carbonyl (C=O) groups excluding carboxylic acids is 2. The number of halogens is 6. The summed E-state index contributed by atoms with van der Waals surface area (Å²) in [4.78, 5) is 25.2. The molecule has 0 unspecified atom stereocenters. The van der Waals surface area contributed by atoms with Crippen LogP contribution in [0.5, 0.6) is 0 Å². The molecule has 0 bridgehead atoms. The molecule has 31 heavy (non-hydrogen) atoms. The van der Waals surface area contributed by atoms with Gasteiger partial charge in [0.05, 0.1) is 0 Å². The van der Waals surface area contributed by atoms with Crippen LogP contribution in [0.4, 0.5) is 26.3 Å². The van der Waals surface area contributed by atoms with Crippen molar-refractivity contribution in [3.63, 3.8) is 0 Å². The predicted molar refractivity (Wildman–Crippen MR) is 95.2 cm³/mol. The zero-order chi connectivity index (χ0) is 23.3. The molecule has 0 radical (unpaired) electrons. The SMILES string of the molecule is CCC(CC)(C(=O)OCc1cc(F)c(F)cc1F)C(=O)OCc1cc(F)c(F)cc1F. The Morgan fingerprint density at radius 1 is 0.645 bits per heavy atom. The van der Waals surface area contributed by atoms with Gasteiger partial charge in [0.2, 0.25) is 0 Å². The first-order valence-electron chi connectivity index (χ1n) is 9.17. The standard InChI is InChI=1S/C21H18F6O4/c1-3-21(4-2,19(28)30-9-11-5-15(24)17(26)7-13(11)22)20(29)31-10-12-6-16(25)18(27)8-14(12)23/h5-8H,3-4,9-10H2,1-2H3. The van der Waals surface area contributed by atoms with Gasteiger partial charge in [0.1, 0.15) is 24.8 Å². The van der Waals surface area contributed by atoms with E-state index in [2.05, 4.69) is 0 Å². The second-order valence-electron chi connectivity index (χ2n) is 6.66. The van der Waals surface area contributed by atoms with E-state index < -0.39 is 76.6 Å². The number of ether oxygens (including phenoxy) is 2. The first-order valence-corrected chi connectivity index (χ1v) is 9.17. The Morgan fingerprint density at radius 2 is 0.968 bits per heavy atom. The van der Waals surface area contributed by atoms with Crippen LogP contribution in [0, 0.1) is 40.3 Å². The minimum atomic E-state index is -1.87. The molecule has 2 aromatic rings. The van der Waals surface area contributed by atoms with E-state index in [0.717, 1.165) is 0 Å². The molecule has 0 N–H and O–H groups in total. The van der Waals surface area contributed by atoms with Gasteiger partial charge in [-0.3, -0.25) is 9.59 Å². The molecule has 4 nitrogen and oxygen atoms in total. The summed E-state index contributed by atoms with van der Waals surface area (Å²) < 4.78 is 89.9. The summed E-state index contributed by atoms with van der Waals surface area (Å²) in [5.41, 5.74) is -2.78. The van der Waals surface area contributed by atoms with Gasteiger partial charge in [-0.2, -0.15) is 0 Å². The quantitative estimate of drug-likeness (QED) is 0.244. The van der Waals surface area contributed by atoms with Gasteiger partial charge in [-0.15, -0.1) is 0 Å². The molecule has 0 amide bonds. The van der Waals surface area contributed by atoms with Crippen molar-refractivity contribution in [1.29, 1.82) is 0 Å². The molecule has 2 aromatic carbocycles. The largest absolute Gasteiger partial charge is 0.460 e. The van der Waals surface area contributed by atoms with Crippen molar-refractivity contribution >= 4 is 11.9 Å². The Bertz CT molecular complexity index is 913. The summed E-state index contributed by atoms with van der Waals surface area (Å²) in [5.74, 6) is -10.1. The molecule has 0 atom stereocenters. The minimum Gasteiger partial charge on any atom is -0.460 e. The Labute approximate surface area is 173 Å². The summed E-state index contributed by atoms with van der Waals surface area (Å²) in [6.45, 7) is 1.36. The number of esters is 2. The van der Waals surface area contributed by atoms with E-state index in [1.54, 1.807) is 0 Å². The summed E-state index contributed by atoms with van der Waals surface area (Å²) in [6.07, 6.45) is -0.247. The topological polar surface area (TPSA) is 52.6 Å². The fourth-order valence-electron chi connectivity index (χ4n) is 2.82. The fraction of sp³-hybridized carbons (Fsp3) is 0.333. The van der Waals surface area contributed by atoms with Crippen molar-refractivity contribution in [2.75, 3.05) is 0 Å². The fourth-order valence-corrected chi connectivity index (χ4v) is 2.82. The Kier molecular flexibility index (Phi) is 7.70. The van der Waals surface area contributed by atoms with Gasteiger partial charge in [0, 0.05) is 23.3 Å². The van der Waals surface area contributed by atoms with E-state index in [4.69, 9.17) is 9.47 Å². The Hall–Kier alpha value is -3.04. The average Bonchev–Trinajstić information content (AvgIpc) is 2.72. The maximum atomic E-state index is 13.7. The van der Waals surface area contributed by atoms with Crippen LogP contribution in [0.3, 0.4) is 0 Å². The van der Waals surface area contributed by atoms with Crippen molar-refractivity contribution in [3.8, 4) is 0 Å². The lowest BCUT2D eigenvalue weighted by atomic mass is 9.82. The number of rotatable bonds is 8. The molecule has 2 rings (SSSR count). The third-order valence-corrected chi connectivity index (χ3v) is 4.88. The third kappa shape index (κ3) is 5.18. The maximum Gasteiger partial charge on any atom is 0.323 e. The average molecular weight is 448 g/mol. The first kappa shape index (κ1) is 24.2. The van der Waals surface area contributed by atoms with Gasteiger partial charge >= 0.3 is 11.9 Å². The number of hydrogen-bond donors (Lipinski definition) is 0. The summed E-state index contributed by atoms with van der Waals surface area (Å²) in [5, 5.41) is 0. The minimum absolute atomic E-state index is 0.123. The van der Waals surface area contributed by atoms with Gasteiger partial charge < -0.3 is 9.47 Å². The van der Waals surface area contributed by atoms with Gasteiger partial charge in [-0.1, -0.05) is 13.8 Å². The predicted octanol–water partition coefficient (Wildman–Crippen LogP) is 5.11. The van der Waals surface area contributed by atoms with Crippen molar-refractivity contribution in [3.05, 3.63) is 70.3 Å². The monoisotopic (exact) mass is 448 g/mol. The summed E-state index contributed by atoms with van der Waals surface area (Å²) in [7, 11) is 0. The lowest BCUT2D eigenvalue weighted by Crippen LogP contribution is -2.41. The van der Waals surface area contributed by atoms with E-state index in [9.17, 15) is 35.9 Å². The van der Waals surface area contributed by atoms with E-state index >= 15 is 0 Å². The van der Waals surface area contributed by atoms with Gasteiger partial charge in [0.15, 0.2) is 28.7 Å². The molecule has 0 aliphatic heterocycles. The van der Waals surface area contributed by atoms with E-state index in [-0.39, 0.29) is 25.0 Å². The third-order valence-electron chi connectivity index (χ3n) is 4.88. The Morgan fingerprint density at radius 3 is 1.29 bits per heavy atom. The molecule has 0 spiro atoms. The smallest absolute Gasteiger partial charge is 0.323 e. The lowest BCUT2D eigenvalue weighted by molar-refractivity contribution is -0.175. The highest BCUT2D eigenvalue weighted by Crippen LogP contribution is 2.31. The molecule has 0 saturated carbocycles. The van der Waals surface area contributed by atoms with Crippen LogP contribution < -0.4 is 0 Å². The van der Waals surface area contributed by atoms with Crippen LogP contribution in [-0.4, -0.2) is 11.9 Å². The van der Waals surface area contributed by atoms with Crippen LogP contribution >= 0.6 is 0 Å². The molecular weight excluding hydrogens is 430 g/mol. The van der Waals surface area contributed by atoms with Crippen molar-refractivity contribution in [2.45, 2.75) is 39.9 Å². The number of hydrogen-bond acceptors (Lipinski definition) is 4. The summed E-state index contributed by atoms with van der Waals surface area (Å²) >= 11 is 0. The molecule has 0 heterocycles. The number of carbonyl (C=O) groups is 2. The molecule has 0 aromatic heterocycles. The van der Waals surface area contributed by atoms with Crippen LogP contribution in [-0.2, 0) is 32.3 Å². The van der Waals surface area contributed by atoms with Crippen LogP contribution in [0.25, 0.3) is 0 Å². The van der Waals surface area contributed by atoms with E-state index in [1.807, 2.05) is 0 Å². The molecule has 0 fully saturated rings.